The molecule has 0 saturated heterocycles. The molecule has 0 spiro atoms. The molecule has 0 amide bonds. The van der Waals surface area contributed by atoms with Crippen molar-refractivity contribution in [3.63, 3.8) is 0 Å². The molecule has 0 heterocycles. The van der Waals surface area contributed by atoms with E-state index in [0.29, 0.717) is 11.3 Å². The van der Waals surface area contributed by atoms with Gasteiger partial charge in [-0.3, -0.25) is 14.9 Å². The smallest absolute Gasteiger partial charge is 0.300 e. The van der Waals surface area contributed by atoms with E-state index in [-0.39, 0.29) is 42.9 Å². The van der Waals surface area contributed by atoms with E-state index >= 15 is 0 Å². The summed E-state index contributed by atoms with van der Waals surface area (Å²) in [7, 11) is 0. The number of hydrogen-bond acceptors (Lipinski definition) is 6. The van der Waals surface area contributed by atoms with Gasteiger partial charge in [-0.25, -0.2) is 0 Å². The monoisotopic (exact) mass is 576 g/mol. The molecule has 6 nitrogen and oxygen atoms in total. The number of nitro groups is 1. The van der Waals surface area contributed by atoms with Crippen molar-refractivity contribution in [1.82, 2.24) is 0 Å². The summed E-state index contributed by atoms with van der Waals surface area (Å²) in [5, 5.41) is 21.3. The van der Waals surface area contributed by atoms with Crippen LogP contribution in [0.1, 0.15) is 125 Å². The van der Waals surface area contributed by atoms with E-state index in [4.69, 9.17) is 15.6 Å². The second kappa shape index (κ2) is 21.0. The summed E-state index contributed by atoms with van der Waals surface area (Å²) in [5.74, 6) is -0.833. The average Bonchev–Trinajstić information content (AvgIpc) is 3.39. The maximum absolute atomic E-state index is 10.6. The van der Waals surface area contributed by atoms with Gasteiger partial charge >= 0.3 is 0 Å². The van der Waals surface area contributed by atoms with Crippen LogP contribution < -0.4 is 5.73 Å². The molecule has 0 aromatic carbocycles. The number of carboxylic acid groups (broad SMARTS) is 1. The predicted octanol–water partition coefficient (Wildman–Crippen LogP) is 7.54. The average molecular weight is 577 g/mol. The molecule has 0 aliphatic heterocycles. The fourth-order valence-electron chi connectivity index (χ4n) is 5.28. The van der Waals surface area contributed by atoms with Gasteiger partial charge in [0, 0.05) is 68.8 Å². The van der Waals surface area contributed by atoms with Crippen molar-refractivity contribution in [3.8, 4) is 0 Å². The molecule has 0 bridgehead atoms. The summed E-state index contributed by atoms with van der Waals surface area (Å²) in [6, 6.07) is 0.271. The minimum Gasteiger partial charge on any atom is -0.481 e. The van der Waals surface area contributed by atoms with Crippen LogP contribution in [0.25, 0.3) is 0 Å². The van der Waals surface area contributed by atoms with E-state index in [0.717, 1.165) is 41.9 Å². The predicted molar refractivity (Wildman–Crippen MR) is 150 cm³/mol. The number of aliphatic carboxylic acids is 1. The van der Waals surface area contributed by atoms with Crippen molar-refractivity contribution >= 4 is 29.5 Å². The Balaban J connectivity index is 0. The van der Waals surface area contributed by atoms with E-state index in [2.05, 4.69) is 11.8 Å². The molecule has 0 aromatic heterocycles. The summed E-state index contributed by atoms with van der Waals surface area (Å²) >= 11 is 4.30. The molecule has 0 aromatic rings. The van der Waals surface area contributed by atoms with Crippen LogP contribution in [0.2, 0.25) is 0 Å². The van der Waals surface area contributed by atoms with Gasteiger partial charge < -0.3 is 10.8 Å². The zero-order valence-electron chi connectivity index (χ0n) is 20.1. The minimum atomic E-state index is -0.833. The number of hydrogen-bond donors (Lipinski definition) is 2. The van der Waals surface area contributed by atoms with E-state index in [1.165, 1.54) is 83.5 Å². The van der Waals surface area contributed by atoms with Gasteiger partial charge in [0.25, 0.3) is 5.97 Å². The largest absolute Gasteiger partial charge is 0.481 e. The molecular formula is C26H52FeN2O4S2. The second-order valence-electron chi connectivity index (χ2n) is 9.88. The topological polar surface area (TPSA) is 106 Å². The van der Waals surface area contributed by atoms with Gasteiger partial charge in [0.05, 0.1) is 0 Å². The Morgan fingerprint density at radius 2 is 1.17 bits per heavy atom. The molecule has 35 heavy (non-hydrogen) atoms. The third-order valence-electron chi connectivity index (χ3n) is 6.95. The van der Waals surface area contributed by atoms with Gasteiger partial charge in [-0.15, -0.1) is 0 Å². The first-order chi connectivity index (χ1) is 15.3. The number of carboxylic acids is 1. The summed E-state index contributed by atoms with van der Waals surface area (Å²) in [6.07, 6.45) is 20.7. The molecule has 4 fully saturated rings. The zero-order chi connectivity index (χ0) is 23.3. The molecule has 0 radical (unpaired) electrons. The molecular weight excluding hydrogens is 524 g/mol. The molecule has 4 aliphatic carbocycles. The van der Waals surface area contributed by atoms with Crippen LogP contribution in [0.4, 0.5) is 0 Å². The summed E-state index contributed by atoms with van der Waals surface area (Å²) in [4.78, 5) is 19.6. The first-order valence-corrected chi connectivity index (χ1v) is 14.6. The maximum atomic E-state index is 10.6. The van der Waals surface area contributed by atoms with E-state index in [1.807, 2.05) is 11.8 Å². The van der Waals surface area contributed by atoms with Crippen LogP contribution in [0.5, 0.6) is 0 Å². The van der Waals surface area contributed by atoms with Gasteiger partial charge in [-0.1, -0.05) is 53.4 Å². The van der Waals surface area contributed by atoms with E-state index < -0.39 is 5.97 Å². The second-order valence-corrected chi connectivity index (χ2v) is 13.1. The maximum Gasteiger partial charge on any atom is 0.300 e. The first-order valence-electron chi connectivity index (χ1n) is 12.7. The molecule has 4 atom stereocenters. The van der Waals surface area contributed by atoms with Crippen LogP contribution in [0.15, 0.2) is 0 Å². The fourth-order valence-corrected chi connectivity index (χ4v) is 8.81. The van der Waals surface area contributed by atoms with Gasteiger partial charge in [-0.05, 0) is 51.4 Å². The third kappa shape index (κ3) is 16.5. The fraction of sp³-hybridized carbons (Fsp3) is 0.962. The SMILES string of the molecule is C.C.CC(=O)O.NC1CCC(SC2CCCCC2)C1.O=[N+]([O-])C1CCC(SC2CCCCC2)C1.[Fe]. The van der Waals surface area contributed by atoms with Crippen molar-refractivity contribution in [2.45, 2.75) is 158 Å². The van der Waals surface area contributed by atoms with Gasteiger partial charge in [0.1, 0.15) is 0 Å². The van der Waals surface area contributed by atoms with Crippen molar-refractivity contribution in [3.05, 3.63) is 10.1 Å². The Morgan fingerprint density at radius 1 is 0.771 bits per heavy atom. The van der Waals surface area contributed by atoms with Crippen LogP contribution in [-0.2, 0) is 21.9 Å². The zero-order valence-corrected chi connectivity index (χ0v) is 22.9. The Kier molecular flexibility index (Phi) is 22.4. The van der Waals surface area contributed by atoms with Crippen molar-refractivity contribution < 1.29 is 31.9 Å². The van der Waals surface area contributed by atoms with Gasteiger partial charge in [0.15, 0.2) is 0 Å². The number of carbonyl (C=O) groups is 1. The van der Waals surface area contributed by atoms with Gasteiger partial charge in [0.2, 0.25) is 6.04 Å². The first kappa shape index (κ1) is 37.2. The summed E-state index contributed by atoms with van der Waals surface area (Å²) in [6.45, 7) is 1.08. The Bertz CT molecular complexity index is 555. The standard InChI is InChI=1S/C11H19NO2S.C11H21NS.C2H4O2.2CH4.Fe/c13-12(14)9-6-7-11(8-9)15-10-4-2-1-3-5-10;12-9-6-7-11(8-9)13-10-4-2-1-3-5-10;1-2(3)4;;;/h9-11H,1-8H2;9-11H,1-8,12H2;1H3,(H,3,4);2*1H4;. The Morgan fingerprint density at radius 3 is 1.51 bits per heavy atom. The normalized spacial score (nSPS) is 28.5. The quantitative estimate of drug-likeness (QED) is 0.198. The Labute approximate surface area is 234 Å². The van der Waals surface area contributed by atoms with Crippen LogP contribution >= 0.6 is 23.5 Å². The van der Waals surface area contributed by atoms with Crippen molar-refractivity contribution in [1.29, 1.82) is 0 Å². The Hall–Kier alpha value is 0.0495. The molecule has 9 heteroatoms. The molecule has 4 rings (SSSR count). The number of thioether (sulfide) groups is 2. The van der Waals surface area contributed by atoms with Crippen LogP contribution in [-0.4, -0.2) is 49.1 Å². The number of nitrogens with zero attached hydrogens (tertiary/aromatic N) is 1. The van der Waals surface area contributed by atoms with Crippen LogP contribution in [0, 0.1) is 10.1 Å². The summed E-state index contributed by atoms with van der Waals surface area (Å²) < 4.78 is 0. The number of rotatable bonds is 5. The van der Waals surface area contributed by atoms with E-state index in [1.54, 1.807) is 0 Å². The van der Waals surface area contributed by atoms with Crippen molar-refractivity contribution in [2.24, 2.45) is 5.73 Å². The van der Waals surface area contributed by atoms with Crippen LogP contribution in [0.3, 0.4) is 0 Å². The molecule has 210 valence electrons. The van der Waals surface area contributed by atoms with E-state index in [9.17, 15) is 10.1 Å². The molecule has 4 unspecified atom stereocenters. The van der Waals surface area contributed by atoms with Gasteiger partial charge in [-0.2, -0.15) is 23.5 Å². The summed E-state index contributed by atoms with van der Waals surface area (Å²) in [5.41, 5.74) is 5.92. The molecule has 4 saturated carbocycles. The minimum absolute atomic E-state index is 0. The molecule has 3 N–H and O–H groups in total. The van der Waals surface area contributed by atoms with Crippen molar-refractivity contribution in [2.75, 3.05) is 0 Å². The third-order valence-corrected chi connectivity index (χ3v) is 10.3. The number of nitrogens with two attached hydrogens (primary N) is 1. The molecule has 4 aliphatic rings.